The summed E-state index contributed by atoms with van der Waals surface area (Å²) in [5.41, 5.74) is 9.56. The molecular weight excluding hydrogens is 299 g/mol. The van der Waals surface area contributed by atoms with Gasteiger partial charge >= 0.3 is 11.5 Å². The first-order valence-electron chi connectivity index (χ1n) is 3.88. The minimum absolute atomic E-state index is 0.468. The largest absolute Gasteiger partial charge is 0.395 e. The second-order valence-electron chi connectivity index (χ2n) is 2.81. The Bertz CT molecular complexity index is 401. The highest BCUT2D eigenvalue weighted by Crippen LogP contribution is 2.40. The molecular formula is C6H6Cl2N2O8. The number of hydrogen-bond donors (Lipinski definition) is 2. The van der Waals surface area contributed by atoms with E-state index in [1.807, 2.05) is 0 Å². The number of nitrogen functional groups attached to an aromatic ring is 2. The third-order valence-corrected chi connectivity index (χ3v) is 2.20. The van der Waals surface area contributed by atoms with Crippen LogP contribution in [0.4, 0.5) is 11.4 Å². The molecule has 0 aliphatic carbocycles. The normalized spacial score (nSPS) is 12.3. The summed E-state index contributed by atoms with van der Waals surface area (Å²) in [5.74, 6) is -1.97. The topological polar surface area (TPSA) is 209 Å². The van der Waals surface area contributed by atoms with Crippen molar-refractivity contribution in [2.45, 2.75) is 0 Å². The molecule has 0 spiro atoms. The maximum Gasteiger partial charge on any atom is 0.371 e. The summed E-state index contributed by atoms with van der Waals surface area (Å²) in [6.45, 7) is 0. The lowest BCUT2D eigenvalue weighted by Gasteiger charge is -2.16. The first kappa shape index (κ1) is 14.8. The fourth-order valence-electron chi connectivity index (χ4n) is 0.941. The van der Waals surface area contributed by atoms with Crippen LogP contribution in [0.3, 0.4) is 0 Å². The average molecular weight is 305 g/mol. The first-order valence-corrected chi connectivity index (χ1v) is 6.35. The van der Waals surface area contributed by atoms with Gasteiger partial charge in [-0.2, -0.15) is 28.0 Å². The van der Waals surface area contributed by atoms with Gasteiger partial charge in [0.1, 0.15) is 20.5 Å². The van der Waals surface area contributed by atoms with Gasteiger partial charge in [-0.15, -0.1) is 0 Å². The molecule has 0 saturated carbocycles. The monoisotopic (exact) mass is 304 g/mol. The van der Waals surface area contributed by atoms with E-state index < -0.39 is 43.4 Å². The summed E-state index contributed by atoms with van der Waals surface area (Å²) in [6.07, 6.45) is 0. The maximum absolute atomic E-state index is 10.4. The molecule has 0 heterocycles. The molecule has 0 radical (unpaired) electrons. The maximum atomic E-state index is 10.4. The van der Waals surface area contributed by atoms with Crippen LogP contribution in [0, 0.1) is 20.5 Å². The molecule has 0 bridgehead atoms. The fourth-order valence-corrected chi connectivity index (χ4v) is 1.64. The van der Waals surface area contributed by atoms with E-state index in [9.17, 15) is 28.0 Å². The van der Waals surface area contributed by atoms with E-state index in [1.165, 1.54) is 0 Å². The van der Waals surface area contributed by atoms with Crippen LogP contribution in [-0.4, -0.2) is 0 Å². The van der Waals surface area contributed by atoms with Crippen LogP contribution in [0.2, 0.25) is 0 Å². The van der Waals surface area contributed by atoms with Gasteiger partial charge in [-0.1, -0.05) is 8.58 Å². The molecule has 102 valence electrons. The van der Waals surface area contributed by atoms with Crippen molar-refractivity contribution < 1.29 is 57.0 Å². The lowest BCUT2D eigenvalue weighted by molar-refractivity contribution is -1.91. The Hall–Kier alpha value is -1.24. The Morgan fingerprint density at radius 2 is 1.00 bits per heavy atom. The Kier molecular flexibility index (Phi) is 3.95. The zero-order valence-corrected chi connectivity index (χ0v) is 9.84. The minimum atomic E-state index is -4.98. The minimum Gasteiger partial charge on any atom is -0.395 e. The van der Waals surface area contributed by atoms with Crippen LogP contribution in [0.1, 0.15) is 0 Å². The molecule has 10 nitrogen and oxygen atoms in total. The fraction of sp³-hybridized carbons (Fsp3) is 0. The zero-order valence-electron chi connectivity index (χ0n) is 8.33. The van der Waals surface area contributed by atoms with E-state index in [0.717, 1.165) is 12.1 Å². The standard InChI is InChI=1S/C6H6Cl2N2O8/c9-3-1-2-4(10)6(18-8(14,15)16)5(3)17-7(11,12)13/h1-2H,9-10H2. The van der Waals surface area contributed by atoms with Crippen molar-refractivity contribution in [3.8, 4) is 11.5 Å². The van der Waals surface area contributed by atoms with Crippen molar-refractivity contribution in [1.29, 1.82) is 0 Å². The SMILES string of the molecule is Nc1ccc(N)c(O[Cl+3]([O-])([O-])[O-])c1O[Cl+3]([O-])([O-])[O-]. The summed E-state index contributed by atoms with van der Waals surface area (Å²) in [5, 5.41) is 0. The average Bonchev–Trinajstić information content (AvgIpc) is 2.14. The Morgan fingerprint density at radius 1 is 0.722 bits per heavy atom. The molecule has 0 saturated heterocycles. The van der Waals surface area contributed by atoms with E-state index in [2.05, 4.69) is 8.58 Å². The van der Waals surface area contributed by atoms with Gasteiger partial charge in [0.2, 0.25) is 0 Å². The Labute approximate surface area is 104 Å². The van der Waals surface area contributed by atoms with E-state index in [0.29, 0.717) is 0 Å². The van der Waals surface area contributed by atoms with Crippen LogP contribution < -0.4 is 48.0 Å². The van der Waals surface area contributed by atoms with Crippen molar-refractivity contribution >= 4 is 11.4 Å². The first-order chi connectivity index (χ1) is 7.99. The van der Waals surface area contributed by atoms with Crippen LogP contribution in [-0.2, 0) is 0 Å². The van der Waals surface area contributed by atoms with Crippen LogP contribution >= 0.6 is 0 Å². The molecule has 0 amide bonds. The lowest BCUT2D eigenvalue weighted by Crippen LogP contribution is -2.64. The van der Waals surface area contributed by atoms with Gasteiger partial charge in [-0.25, -0.2) is 0 Å². The van der Waals surface area contributed by atoms with Gasteiger partial charge in [0.15, 0.2) is 0 Å². The van der Waals surface area contributed by atoms with Crippen molar-refractivity contribution in [2.24, 2.45) is 0 Å². The summed E-state index contributed by atoms with van der Waals surface area (Å²) in [6, 6.07) is 2.04. The molecule has 18 heavy (non-hydrogen) atoms. The van der Waals surface area contributed by atoms with Gasteiger partial charge in [-0.3, -0.25) is 0 Å². The Morgan fingerprint density at radius 3 is 1.22 bits per heavy atom. The molecule has 0 aromatic heterocycles. The molecule has 1 rings (SSSR count). The van der Waals surface area contributed by atoms with E-state index in [-0.39, 0.29) is 0 Å². The highest BCUT2D eigenvalue weighted by molar-refractivity contribution is 5.70. The molecule has 12 heteroatoms. The molecule has 0 fully saturated rings. The van der Waals surface area contributed by atoms with Gasteiger partial charge in [-0.05, 0) is 12.1 Å². The number of hydrogen-bond acceptors (Lipinski definition) is 10. The summed E-state index contributed by atoms with van der Waals surface area (Å²) in [7, 11) is -9.96. The highest BCUT2D eigenvalue weighted by atomic mass is 35.7. The van der Waals surface area contributed by atoms with Crippen molar-refractivity contribution in [3.63, 3.8) is 0 Å². The molecule has 0 aliphatic rings. The quantitative estimate of drug-likeness (QED) is 0.502. The zero-order chi connectivity index (χ0) is 14.1. The van der Waals surface area contributed by atoms with Gasteiger partial charge < -0.3 is 11.5 Å². The van der Waals surface area contributed by atoms with Gasteiger partial charge in [0.05, 0.1) is 11.4 Å². The molecule has 0 atom stereocenters. The van der Waals surface area contributed by atoms with Crippen molar-refractivity contribution in [2.75, 3.05) is 11.5 Å². The van der Waals surface area contributed by atoms with Crippen LogP contribution in [0.25, 0.3) is 0 Å². The second kappa shape index (κ2) is 4.79. The van der Waals surface area contributed by atoms with Gasteiger partial charge in [0.25, 0.3) is 0 Å². The third kappa shape index (κ3) is 4.21. The van der Waals surface area contributed by atoms with E-state index in [1.54, 1.807) is 0 Å². The Balaban J connectivity index is 3.25. The van der Waals surface area contributed by atoms with E-state index in [4.69, 9.17) is 11.5 Å². The van der Waals surface area contributed by atoms with Crippen molar-refractivity contribution in [3.05, 3.63) is 12.1 Å². The summed E-state index contributed by atoms with van der Waals surface area (Å²) < 4.78 is 70.1. The number of halogens is 2. The number of benzene rings is 1. The van der Waals surface area contributed by atoms with Crippen LogP contribution in [0.15, 0.2) is 12.1 Å². The van der Waals surface area contributed by atoms with E-state index >= 15 is 0 Å². The van der Waals surface area contributed by atoms with Gasteiger partial charge in [0, 0.05) is 0 Å². The molecule has 1 aromatic rings. The molecule has 0 unspecified atom stereocenters. The third-order valence-electron chi connectivity index (χ3n) is 1.52. The summed E-state index contributed by atoms with van der Waals surface area (Å²) in [4.78, 5) is 0. The molecule has 0 aliphatic heterocycles. The predicted octanol–water partition coefficient (Wildman–Crippen LogP) is -6.60. The van der Waals surface area contributed by atoms with Crippen LogP contribution in [0.5, 0.6) is 11.5 Å². The lowest BCUT2D eigenvalue weighted by atomic mass is 10.2. The number of nitrogens with two attached hydrogens (primary N) is 2. The van der Waals surface area contributed by atoms with Crippen molar-refractivity contribution in [1.82, 2.24) is 0 Å². The number of rotatable bonds is 4. The molecule has 1 aromatic carbocycles. The second-order valence-corrected chi connectivity index (χ2v) is 4.63. The smallest absolute Gasteiger partial charge is 0.371 e. The summed E-state index contributed by atoms with van der Waals surface area (Å²) >= 11 is 0. The number of anilines is 2. The predicted molar refractivity (Wildman–Crippen MR) is 36.5 cm³/mol. The highest BCUT2D eigenvalue weighted by Gasteiger charge is 2.36. The molecule has 4 N–H and O–H groups in total.